The Morgan fingerprint density at radius 1 is 1.00 bits per heavy atom. The first-order valence-corrected chi connectivity index (χ1v) is 7.99. The van der Waals surface area contributed by atoms with E-state index in [0.717, 1.165) is 12.1 Å². The smallest absolute Gasteiger partial charge is 0.417 e. The van der Waals surface area contributed by atoms with Gasteiger partial charge < -0.3 is 15.8 Å². The number of nitrogens with two attached hydrogens (primary N) is 1. The first kappa shape index (κ1) is 19.1. The minimum absolute atomic E-state index is 0.0104. The number of rotatable bonds is 5. The van der Waals surface area contributed by atoms with Crippen LogP contribution in [0.4, 0.5) is 30.8 Å². The first-order chi connectivity index (χ1) is 13.3. The Hall–Kier alpha value is -3.69. The molecule has 3 N–H and O–H groups in total. The molecule has 0 aliphatic carbocycles. The van der Waals surface area contributed by atoms with Crippen LogP contribution in [0.1, 0.15) is 21.7 Å². The van der Waals surface area contributed by atoms with Crippen molar-refractivity contribution < 1.29 is 22.7 Å². The molecule has 3 rings (SSSR count). The van der Waals surface area contributed by atoms with E-state index in [1.165, 1.54) is 12.1 Å². The third-order valence-corrected chi connectivity index (χ3v) is 3.51. The summed E-state index contributed by atoms with van der Waals surface area (Å²) >= 11 is 0. The number of nitrogen functional groups attached to an aromatic ring is 1. The summed E-state index contributed by atoms with van der Waals surface area (Å²) < 4.78 is 44.0. The van der Waals surface area contributed by atoms with Crippen LogP contribution in [0.3, 0.4) is 0 Å². The van der Waals surface area contributed by atoms with Gasteiger partial charge in [0.2, 0.25) is 11.9 Å². The second-order valence-corrected chi connectivity index (χ2v) is 5.54. The van der Waals surface area contributed by atoms with Gasteiger partial charge in [-0.2, -0.15) is 28.1 Å². The molecule has 10 heteroatoms. The summed E-state index contributed by atoms with van der Waals surface area (Å²) in [5, 5.41) is 2.90. The molecule has 1 aromatic heterocycles. The molecule has 0 aliphatic rings. The van der Waals surface area contributed by atoms with Crippen LogP contribution in [0.15, 0.2) is 54.6 Å². The van der Waals surface area contributed by atoms with E-state index in [4.69, 9.17) is 10.5 Å². The highest BCUT2D eigenvalue weighted by Crippen LogP contribution is 2.32. The number of nitrogens with one attached hydrogen (secondary N) is 1. The maximum Gasteiger partial charge on any atom is 0.417 e. The molecule has 0 bridgehead atoms. The van der Waals surface area contributed by atoms with Crippen molar-refractivity contribution in [3.63, 3.8) is 0 Å². The van der Waals surface area contributed by atoms with E-state index in [1.807, 2.05) is 6.07 Å². The standard InChI is InChI=1S/C18H14F3N5O2/c19-18(20,21)13-9-5-4-8-12(13)15(27)28-10-14-24-16(22)26-17(25-14)23-11-6-2-1-3-7-11/h1-9H,10H2,(H3,22,23,24,25,26). The molecular formula is C18H14F3N5O2. The van der Waals surface area contributed by atoms with E-state index in [1.54, 1.807) is 24.3 Å². The van der Waals surface area contributed by atoms with Gasteiger partial charge in [-0.15, -0.1) is 0 Å². The van der Waals surface area contributed by atoms with Crippen molar-refractivity contribution in [2.75, 3.05) is 11.1 Å². The van der Waals surface area contributed by atoms with Gasteiger partial charge in [-0.3, -0.25) is 0 Å². The Morgan fingerprint density at radius 2 is 1.68 bits per heavy atom. The van der Waals surface area contributed by atoms with Crippen LogP contribution < -0.4 is 11.1 Å². The van der Waals surface area contributed by atoms with Gasteiger partial charge in [0.1, 0.15) is 0 Å². The minimum Gasteiger partial charge on any atom is -0.454 e. The number of esters is 1. The van der Waals surface area contributed by atoms with Gasteiger partial charge in [0, 0.05) is 5.69 Å². The molecular weight excluding hydrogens is 375 g/mol. The molecule has 0 fully saturated rings. The number of hydrogen-bond donors (Lipinski definition) is 2. The van der Waals surface area contributed by atoms with E-state index in [2.05, 4.69) is 20.3 Å². The molecule has 0 radical (unpaired) electrons. The second-order valence-electron chi connectivity index (χ2n) is 5.54. The van der Waals surface area contributed by atoms with Crippen molar-refractivity contribution in [3.05, 3.63) is 71.5 Å². The second kappa shape index (κ2) is 7.91. The van der Waals surface area contributed by atoms with Crippen molar-refractivity contribution in [2.45, 2.75) is 12.8 Å². The lowest BCUT2D eigenvalue weighted by atomic mass is 10.1. The number of nitrogens with zero attached hydrogens (tertiary/aromatic N) is 3. The fraction of sp³-hybridized carbons (Fsp3) is 0.111. The molecule has 7 nitrogen and oxygen atoms in total. The lowest BCUT2D eigenvalue weighted by molar-refractivity contribution is -0.138. The molecule has 0 amide bonds. The number of aromatic nitrogens is 3. The first-order valence-electron chi connectivity index (χ1n) is 7.99. The molecule has 0 unspecified atom stereocenters. The van der Waals surface area contributed by atoms with Crippen molar-refractivity contribution >= 4 is 23.6 Å². The van der Waals surface area contributed by atoms with Crippen molar-refractivity contribution in [1.82, 2.24) is 15.0 Å². The Kier molecular flexibility index (Phi) is 5.39. The van der Waals surface area contributed by atoms with E-state index in [-0.39, 0.29) is 17.7 Å². The van der Waals surface area contributed by atoms with Crippen molar-refractivity contribution in [2.24, 2.45) is 0 Å². The predicted octanol–water partition coefficient (Wildman–Crippen LogP) is 3.57. The minimum atomic E-state index is -4.68. The van der Waals surface area contributed by atoms with Crippen LogP contribution in [0.25, 0.3) is 0 Å². The summed E-state index contributed by atoms with van der Waals surface area (Å²) in [6.07, 6.45) is -4.68. The SMILES string of the molecule is Nc1nc(COC(=O)c2ccccc2C(F)(F)F)nc(Nc2ccccc2)n1. The predicted molar refractivity (Wildman–Crippen MR) is 94.5 cm³/mol. The number of anilines is 3. The average Bonchev–Trinajstić information content (AvgIpc) is 2.66. The summed E-state index contributed by atoms with van der Waals surface area (Å²) in [5.41, 5.74) is 4.63. The number of carbonyl (C=O) groups is 1. The zero-order chi connectivity index (χ0) is 20.1. The molecule has 0 atom stereocenters. The van der Waals surface area contributed by atoms with Crippen molar-refractivity contribution in [3.8, 4) is 0 Å². The Morgan fingerprint density at radius 3 is 2.39 bits per heavy atom. The molecule has 28 heavy (non-hydrogen) atoms. The molecule has 0 saturated carbocycles. The summed E-state index contributed by atoms with van der Waals surface area (Å²) in [5.74, 6) is -1.18. The van der Waals surface area contributed by atoms with Crippen LogP contribution in [0, 0.1) is 0 Å². The molecule has 144 valence electrons. The molecule has 0 aliphatic heterocycles. The molecule has 0 saturated heterocycles. The highest BCUT2D eigenvalue weighted by Gasteiger charge is 2.35. The van der Waals surface area contributed by atoms with E-state index in [9.17, 15) is 18.0 Å². The maximum absolute atomic E-state index is 13.0. The van der Waals surface area contributed by atoms with E-state index < -0.39 is 29.9 Å². The molecule has 1 heterocycles. The summed E-state index contributed by atoms with van der Waals surface area (Å²) in [6.45, 7) is -0.471. The normalized spacial score (nSPS) is 11.1. The third-order valence-electron chi connectivity index (χ3n) is 3.51. The van der Waals surface area contributed by atoms with Crippen LogP contribution in [-0.2, 0) is 17.5 Å². The van der Waals surface area contributed by atoms with Gasteiger partial charge in [0.05, 0.1) is 11.1 Å². The third kappa shape index (κ3) is 4.72. The van der Waals surface area contributed by atoms with E-state index >= 15 is 0 Å². The number of alkyl halides is 3. The highest BCUT2D eigenvalue weighted by molar-refractivity contribution is 5.91. The van der Waals surface area contributed by atoms with Gasteiger partial charge in [0.15, 0.2) is 12.4 Å². The number of benzene rings is 2. The molecule has 0 spiro atoms. The summed E-state index contributed by atoms with van der Waals surface area (Å²) in [7, 11) is 0. The summed E-state index contributed by atoms with van der Waals surface area (Å²) in [4.78, 5) is 23.9. The molecule has 3 aromatic rings. The molecule has 2 aromatic carbocycles. The van der Waals surface area contributed by atoms with Crippen LogP contribution in [0.5, 0.6) is 0 Å². The fourth-order valence-electron chi connectivity index (χ4n) is 2.33. The van der Waals surface area contributed by atoms with E-state index in [0.29, 0.717) is 5.69 Å². The number of para-hydroxylation sites is 1. The van der Waals surface area contributed by atoms with Crippen LogP contribution in [0.2, 0.25) is 0 Å². The number of hydrogen-bond acceptors (Lipinski definition) is 7. The fourth-order valence-corrected chi connectivity index (χ4v) is 2.33. The lowest BCUT2D eigenvalue weighted by Gasteiger charge is -2.12. The van der Waals surface area contributed by atoms with Crippen LogP contribution in [-0.4, -0.2) is 20.9 Å². The number of ether oxygens (including phenoxy) is 1. The highest BCUT2D eigenvalue weighted by atomic mass is 19.4. The monoisotopic (exact) mass is 389 g/mol. The van der Waals surface area contributed by atoms with Gasteiger partial charge in [0.25, 0.3) is 0 Å². The van der Waals surface area contributed by atoms with Gasteiger partial charge >= 0.3 is 12.1 Å². The van der Waals surface area contributed by atoms with Gasteiger partial charge in [-0.1, -0.05) is 30.3 Å². The topological polar surface area (TPSA) is 103 Å². The Balaban J connectivity index is 1.74. The Bertz CT molecular complexity index is 980. The summed E-state index contributed by atoms with van der Waals surface area (Å²) in [6, 6.07) is 13.3. The zero-order valence-electron chi connectivity index (χ0n) is 14.3. The Labute approximate surface area is 157 Å². The quantitative estimate of drug-likeness (QED) is 0.643. The number of carbonyl (C=O) groups excluding carboxylic acids is 1. The van der Waals surface area contributed by atoms with Gasteiger partial charge in [-0.05, 0) is 24.3 Å². The number of halogens is 3. The van der Waals surface area contributed by atoms with Crippen LogP contribution >= 0.6 is 0 Å². The largest absolute Gasteiger partial charge is 0.454 e. The van der Waals surface area contributed by atoms with Gasteiger partial charge in [-0.25, -0.2) is 4.79 Å². The van der Waals surface area contributed by atoms with Crippen molar-refractivity contribution in [1.29, 1.82) is 0 Å². The maximum atomic E-state index is 13.0. The lowest BCUT2D eigenvalue weighted by Crippen LogP contribution is -2.16. The average molecular weight is 389 g/mol. The zero-order valence-corrected chi connectivity index (χ0v) is 14.3.